The van der Waals surface area contributed by atoms with E-state index in [1.54, 1.807) is 18.3 Å². The van der Waals surface area contributed by atoms with Gasteiger partial charge in [0.1, 0.15) is 0 Å². The van der Waals surface area contributed by atoms with E-state index in [-0.39, 0.29) is 36.5 Å². The second-order valence-electron chi connectivity index (χ2n) is 12.0. The lowest BCUT2D eigenvalue weighted by Gasteiger charge is -2.40. The van der Waals surface area contributed by atoms with E-state index >= 15 is 0 Å². The number of nitrogens with one attached hydrogen (secondary N) is 2. The molecule has 0 aliphatic carbocycles. The number of para-hydroxylation sites is 2. The highest BCUT2D eigenvalue weighted by Crippen LogP contribution is 2.39. The number of piperidine rings is 1. The molecular weight excluding hydrogens is 582 g/mol. The standard InChI is InChI=1S/C36H37N5O5/c42-23-24-7-9-25(10-8-24)33-20-30(22-40-18-15-29(16-19-40)41-32-6-2-1-5-31(32)39-36(41)44)45-35(46-33)26-11-13-28(14-12-26)38-34(43)27-4-3-17-37-21-27/h1-14,17,21,29-30,33,35,42H,15-16,18-20,22-23H2,(H,38,43)(H,39,44)/t30-,33+,35+/m1/s1. The highest BCUT2D eigenvalue weighted by molar-refractivity contribution is 6.04. The Balaban J connectivity index is 1.04. The van der Waals surface area contributed by atoms with E-state index in [0.717, 1.165) is 60.2 Å². The smallest absolute Gasteiger partial charge is 0.326 e. The minimum atomic E-state index is -0.591. The summed E-state index contributed by atoms with van der Waals surface area (Å²) in [5.74, 6) is -0.226. The Bertz CT molecular complexity index is 1830. The van der Waals surface area contributed by atoms with Gasteiger partial charge in [0, 0.05) is 55.7 Å². The molecule has 0 unspecified atom stereocenters. The second kappa shape index (κ2) is 13.4. The monoisotopic (exact) mass is 619 g/mol. The number of carbonyl (C=O) groups is 1. The third kappa shape index (κ3) is 6.52. The number of benzene rings is 3. The number of fused-ring (bicyclic) bond motifs is 1. The average Bonchev–Trinajstić information content (AvgIpc) is 3.44. The van der Waals surface area contributed by atoms with E-state index in [2.05, 4.69) is 20.2 Å². The van der Waals surface area contributed by atoms with Gasteiger partial charge < -0.3 is 29.8 Å². The molecular formula is C36H37N5O5. The Kier molecular flexibility index (Phi) is 8.76. The highest BCUT2D eigenvalue weighted by Gasteiger charge is 2.34. The first-order valence-corrected chi connectivity index (χ1v) is 15.8. The number of pyridine rings is 1. The zero-order chi connectivity index (χ0) is 31.5. The summed E-state index contributed by atoms with van der Waals surface area (Å²) in [6.45, 7) is 2.47. The summed E-state index contributed by atoms with van der Waals surface area (Å²) in [5, 5.41) is 12.4. The summed E-state index contributed by atoms with van der Waals surface area (Å²) >= 11 is 0. The number of anilines is 1. The molecule has 2 saturated heterocycles. The molecule has 0 radical (unpaired) electrons. The largest absolute Gasteiger partial charge is 0.392 e. The van der Waals surface area contributed by atoms with Gasteiger partial charge in [-0.15, -0.1) is 0 Å². The third-order valence-corrected chi connectivity index (χ3v) is 8.99. The molecule has 46 heavy (non-hydrogen) atoms. The van der Waals surface area contributed by atoms with Crippen LogP contribution in [0.15, 0.2) is 102 Å². The van der Waals surface area contributed by atoms with Gasteiger partial charge in [-0.05, 0) is 60.4 Å². The van der Waals surface area contributed by atoms with Gasteiger partial charge in [0.15, 0.2) is 6.29 Å². The lowest BCUT2D eigenvalue weighted by Crippen LogP contribution is -2.43. The number of ether oxygens (including phenoxy) is 2. The molecule has 2 fully saturated rings. The summed E-state index contributed by atoms with van der Waals surface area (Å²) < 4.78 is 15.0. The minimum absolute atomic E-state index is 0.00946. The summed E-state index contributed by atoms with van der Waals surface area (Å²) in [5.41, 5.74) is 5.68. The van der Waals surface area contributed by atoms with Gasteiger partial charge in [0.05, 0.1) is 35.4 Å². The van der Waals surface area contributed by atoms with Crippen molar-refractivity contribution in [1.29, 1.82) is 0 Å². The SMILES string of the molecule is O=C(Nc1ccc([C@H]2O[C@@H](CN3CCC(n4c(=O)[nH]c5ccccc54)CC3)C[C@@H](c3ccc(CO)cc3)O2)cc1)c1cccnc1. The van der Waals surface area contributed by atoms with Crippen LogP contribution in [0.25, 0.3) is 11.0 Å². The van der Waals surface area contributed by atoms with Gasteiger partial charge in [-0.2, -0.15) is 0 Å². The van der Waals surface area contributed by atoms with Crippen molar-refractivity contribution in [3.05, 3.63) is 130 Å². The number of aromatic nitrogens is 3. The van der Waals surface area contributed by atoms with E-state index in [0.29, 0.717) is 17.7 Å². The van der Waals surface area contributed by atoms with Crippen molar-refractivity contribution < 1.29 is 19.4 Å². The number of amides is 1. The third-order valence-electron chi connectivity index (χ3n) is 8.99. The van der Waals surface area contributed by atoms with Crippen molar-refractivity contribution >= 4 is 22.6 Å². The quantitative estimate of drug-likeness (QED) is 0.214. The molecule has 2 aromatic heterocycles. The maximum absolute atomic E-state index is 12.8. The minimum Gasteiger partial charge on any atom is -0.392 e. The molecule has 10 nitrogen and oxygen atoms in total. The van der Waals surface area contributed by atoms with E-state index in [1.165, 1.54) is 6.20 Å². The molecule has 3 atom stereocenters. The van der Waals surface area contributed by atoms with E-state index in [1.807, 2.05) is 77.4 Å². The van der Waals surface area contributed by atoms with Gasteiger partial charge in [0.25, 0.3) is 5.91 Å². The van der Waals surface area contributed by atoms with Crippen molar-refractivity contribution in [2.75, 3.05) is 25.0 Å². The van der Waals surface area contributed by atoms with Crippen LogP contribution >= 0.6 is 0 Å². The molecule has 236 valence electrons. The van der Waals surface area contributed by atoms with Crippen LogP contribution in [0.1, 0.15) is 64.7 Å². The van der Waals surface area contributed by atoms with Crippen LogP contribution in [0.3, 0.4) is 0 Å². The van der Waals surface area contributed by atoms with Gasteiger partial charge in [0.2, 0.25) is 0 Å². The first-order chi connectivity index (χ1) is 22.5. The van der Waals surface area contributed by atoms with Crippen LogP contribution in [-0.2, 0) is 16.1 Å². The maximum atomic E-state index is 12.8. The number of likely N-dealkylation sites (tertiary alicyclic amines) is 1. The number of hydrogen-bond acceptors (Lipinski definition) is 7. The van der Waals surface area contributed by atoms with E-state index in [4.69, 9.17) is 9.47 Å². The highest BCUT2D eigenvalue weighted by atomic mass is 16.7. The summed E-state index contributed by atoms with van der Waals surface area (Å²) in [7, 11) is 0. The summed E-state index contributed by atoms with van der Waals surface area (Å²) in [6, 6.07) is 26.9. The molecule has 0 spiro atoms. The Hall–Kier alpha value is -4.61. The molecule has 10 heteroatoms. The molecule has 2 aliphatic heterocycles. The topological polar surface area (TPSA) is 122 Å². The first kappa shape index (κ1) is 30.1. The second-order valence-corrected chi connectivity index (χ2v) is 12.0. The van der Waals surface area contributed by atoms with Gasteiger partial charge in [-0.25, -0.2) is 4.79 Å². The molecule has 1 amide bonds. The fraction of sp³-hybridized carbons (Fsp3) is 0.306. The van der Waals surface area contributed by atoms with Gasteiger partial charge >= 0.3 is 5.69 Å². The molecule has 4 heterocycles. The number of H-pyrrole nitrogens is 1. The Morgan fingerprint density at radius 1 is 0.935 bits per heavy atom. The fourth-order valence-electron chi connectivity index (χ4n) is 6.54. The normalized spacial score (nSPS) is 20.9. The number of carbonyl (C=O) groups excluding carboxylic acids is 1. The number of imidazole rings is 1. The van der Waals surface area contributed by atoms with Crippen LogP contribution in [-0.4, -0.2) is 56.2 Å². The van der Waals surface area contributed by atoms with Crippen molar-refractivity contribution in [2.24, 2.45) is 0 Å². The number of aliphatic hydroxyl groups is 1. The Labute approximate surface area is 266 Å². The number of aromatic amines is 1. The molecule has 2 aliphatic rings. The van der Waals surface area contributed by atoms with Crippen molar-refractivity contribution in [3.8, 4) is 0 Å². The fourth-order valence-corrected chi connectivity index (χ4v) is 6.54. The van der Waals surface area contributed by atoms with Crippen LogP contribution in [0.2, 0.25) is 0 Å². The lowest BCUT2D eigenvalue weighted by molar-refractivity contribution is -0.253. The number of hydrogen-bond donors (Lipinski definition) is 3. The Morgan fingerprint density at radius 2 is 1.70 bits per heavy atom. The average molecular weight is 620 g/mol. The lowest BCUT2D eigenvalue weighted by atomic mass is 9.98. The van der Waals surface area contributed by atoms with Crippen LogP contribution < -0.4 is 11.0 Å². The summed E-state index contributed by atoms with van der Waals surface area (Å²) in [6.07, 6.45) is 4.75. The molecule has 0 bridgehead atoms. The van der Waals surface area contributed by atoms with E-state index in [9.17, 15) is 14.7 Å². The van der Waals surface area contributed by atoms with Gasteiger partial charge in [-0.1, -0.05) is 48.5 Å². The van der Waals surface area contributed by atoms with Gasteiger partial charge in [-0.3, -0.25) is 14.3 Å². The molecule has 3 N–H and O–H groups in total. The predicted molar refractivity (Wildman–Crippen MR) is 174 cm³/mol. The van der Waals surface area contributed by atoms with Crippen LogP contribution in [0, 0.1) is 0 Å². The predicted octanol–water partition coefficient (Wildman–Crippen LogP) is 5.35. The van der Waals surface area contributed by atoms with Crippen molar-refractivity contribution in [1.82, 2.24) is 19.4 Å². The number of aliphatic hydroxyl groups excluding tert-OH is 1. The maximum Gasteiger partial charge on any atom is 0.326 e. The van der Waals surface area contributed by atoms with Crippen molar-refractivity contribution in [2.45, 2.75) is 50.4 Å². The number of rotatable bonds is 8. The number of nitrogens with zero attached hydrogens (tertiary/aromatic N) is 3. The Morgan fingerprint density at radius 3 is 2.43 bits per heavy atom. The molecule has 0 saturated carbocycles. The zero-order valence-electron chi connectivity index (χ0n) is 25.4. The first-order valence-electron chi connectivity index (χ1n) is 15.8. The molecule has 3 aromatic carbocycles. The van der Waals surface area contributed by atoms with Crippen molar-refractivity contribution in [3.63, 3.8) is 0 Å². The summed E-state index contributed by atoms with van der Waals surface area (Å²) in [4.78, 5) is 34.8. The van der Waals surface area contributed by atoms with Crippen LogP contribution in [0.5, 0.6) is 0 Å². The molecule has 7 rings (SSSR count). The van der Waals surface area contributed by atoms with Crippen LogP contribution in [0.4, 0.5) is 5.69 Å². The molecule has 5 aromatic rings. The zero-order valence-corrected chi connectivity index (χ0v) is 25.4. The van der Waals surface area contributed by atoms with E-state index < -0.39 is 6.29 Å².